The lowest BCUT2D eigenvalue weighted by Crippen LogP contribution is -2.42. The lowest BCUT2D eigenvalue weighted by Gasteiger charge is -2.20. The quantitative estimate of drug-likeness (QED) is 0.497. The smallest absolute Gasteiger partial charge is 0.242 e. The number of nitrogens with zero attached hydrogens (tertiary/aromatic N) is 2. The van der Waals surface area contributed by atoms with Crippen LogP contribution in [0.4, 0.5) is 5.69 Å². The van der Waals surface area contributed by atoms with Gasteiger partial charge in [-0.3, -0.25) is 4.79 Å². The van der Waals surface area contributed by atoms with E-state index in [1.54, 1.807) is 11.3 Å². The number of hydrogen-bond donors (Lipinski definition) is 3. The normalized spacial score (nSPS) is 14.1. The first-order chi connectivity index (χ1) is 14.3. The Bertz CT molecular complexity index is 904. The fourth-order valence-electron chi connectivity index (χ4n) is 2.79. The molecule has 8 nitrogen and oxygen atoms in total. The fourth-order valence-corrected chi connectivity index (χ4v) is 3.50. The van der Waals surface area contributed by atoms with E-state index < -0.39 is 0 Å². The summed E-state index contributed by atoms with van der Waals surface area (Å²) < 4.78 is 11.4. The van der Waals surface area contributed by atoms with E-state index in [1.165, 1.54) is 0 Å². The van der Waals surface area contributed by atoms with Gasteiger partial charge in [0.05, 0.1) is 31.0 Å². The van der Waals surface area contributed by atoms with Crippen LogP contribution in [0.5, 0.6) is 11.5 Å². The van der Waals surface area contributed by atoms with Crippen molar-refractivity contribution in [3.8, 4) is 11.5 Å². The van der Waals surface area contributed by atoms with E-state index in [2.05, 4.69) is 25.9 Å². The minimum atomic E-state index is -0.304. The number of aliphatic imine (C=N–C) groups is 1. The first kappa shape index (κ1) is 21.9. The minimum absolute atomic E-state index is 0.0127. The van der Waals surface area contributed by atoms with Gasteiger partial charge >= 0.3 is 0 Å². The molecular formula is C21H29N5O3S. The zero-order valence-electron chi connectivity index (χ0n) is 17.9. The van der Waals surface area contributed by atoms with Gasteiger partial charge in [0.2, 0.25) is 5.91 Å². The van der Waals surface area contributed by atoms with E-state index in [4.69, 9.17) is 9.47 Å². The number of carbonyl (C=O) groups is 1. The Kier molecular flexibility index (Phi) is 7.15. The van der Waals surface area contributed by atoms with Crippen LogP contribution in [0.2, 0.25) is 0 Å². The third-order valence-electron chi connectivity index (χ3n) is 4.17. The van der Waals surface area contributed by atoms with Crippen molar-refractivity contribution in [1.29, 1.82) is 0 Å². The van der Waals surface area contributed by atoms with Crippen LogP contribution in [0.1, 0.15) is 37.8 Å². The lowest BCUT2D eigenvalue weighted by atomic mass is 10.1. The summed E-state index contributed by atoms with van der Waals surface area (Å²) in [6.45, 7) is 9.63. The maximum absolute atomic E-state index is 12.2. The summed E-state index contributed by atoms with van der Waals surface area (Å²) in [6.07, 6.45) is 0.850. The first-order valence-corrected chi connectivity index (χ1v) is 10.8. The maximum Gasteiger partial charge on any atom is 0.242 e. The molecular weight excluding hydrogens is 402 g/mol. The standard InChI is InChI=1S/C21H29N5O3S/c1-14-18(30-13-24-14)11-22-20(23-12-19(27)26-21(2,3)4)25-15-6-7-16-17(10-15)29-9-5-8-28-16/h6-7,10,13H,5,8-9,11-12H2,1-4H3,(H,26,27)(H2,22,23,25). The van der Waals surface area contributed by atoms with Crippen LogP contribution >= 0.6 is 11.3 Å². The summed E-state index contributed by atoms with van der Waals surface area (Å²) in [5, 5.41) is 9.46. The monoisotopic (exact) mass is 431 g/mol. The zero-order valence-corrected chi connectivity index (χ0v) is 18.7. The number of thiazole rings is 1. The molecule has 0 spiro atoms. The van der Waals surface area contributed by atoms with Gasteiger partial charge in [0.1, 0.15) is 6.54 Å². The molecule has 0 unspecified atom stereocenters. The van der Waals surface area contributed by atoms with Crippen molar-refractivity contribution in [2.75, 3.05) is 25.1 Å². The Morgan fingerprint density at radius 3 is 2.70 bits per heavy atom. The molecule has 1 aromatic heterocycles. The number of aromatic nitrogens is 1. The summed E-state index contributed by atoms with van der Waals surface area (Å²) in [5.41, 5.74) is 3.29. The van der Waals surface area contributed by atoms with Crippen molar-refractivity contribution in [2.45, 2.75) is 46.2 Å². The number of amides is 1. The fraction of sp³-hybridized carbons (Fsp3) is 0.476. The molecule has 3 N–H and O–H groups in total. The Hall–Kier alpha value is -2.81. The topological polar surface area (TPSA) is 96.9 Å². The number of anilines is 1. The number of guanidine groups is 1. The van der Waals surface area contributed by atoms with Gasteiger partial charge in [-0.15, -0.1) is 11.3 Å². The van der Waals surface area contributed by atoms with Crippen LogP contribution in [0.15, 0.2) is 28.7 Å². The van der Waals surface area contributed by atoms with Crippen LogP contribution in [0, 0.1) is 6.92 Å². The van der Waals surface area contributed by atoms with Crippen molar-refractivity contribution in [1.82, 2.24) is 15.6 Å². The number of benzene rings is 1. The Labute approximate surface area is 181 Å². The molecule has 2 aromatic rings. The summed E-state index contributed by atoms with van der Waals surface area (Å²) in [4.78, 5) is 22.1. The number of aryl methyl sites for hydroxylation is 1. The molecule has 9 heteroatoms. The van der Waals surface area contributed by atoms with Crippen LogP contribution in [0.3, 0.4) is 0 Å². The SMILES string of the molecule is Cc1ncsc1CNC(=NCC(=O)NC(C)(C)C)Nc1ccc2c(c1)OCCCO2. The average molecular weight is 432 g/mol. The molecule has 3 rings (SSSR count). The molecule has 0 saturated heterocycles. The van der Waals surface area contributed by atoms with Gasteiger partial charge in [-0.1, -0.05) is 0 Å². The van der Waals surface area contributed by atoms with Gasteiger partial charge in [0.15, 0.2) is 17.5 Å². The predicted molar refractivity (Wildman–Crippen MR) is 120 cm³/mol. The number of ether oxygens (including phenoxy) is 2. The second kappa shape index (κ2) is 9.80. The van der Waals surface area contributed by atoms with E-state index in [1.807, 2.05) is 51.4 Å². The van der Waals surface area contributed by atoms with Crippen molar-refractivity contribution in [3.05, 3.63) is 34.3 Å². The number of nitrogens with one attached hydrogen (secondary N) is 3. The number of carbonyl (C=O) groups excluding carboxylic acids is 1. The van der Waals surface area contributed by atoms with Crippen molar-refractivity contribution in [2.24, 2.45) is 4.99 Å². The molecule has 1 amide bonds. The highest BCUT2D eigenvalue weighted by molar-refractivity contribution is 7.09. The molecule has 1 aliphatic rings. The third kappa shape index (κ3) is 6.62. The average Bonchev–Trinajstić information content (AvgIpc) is 2.94. The number of fused-ring (bicyclic) bond motifs is 1. The van der Waals surface area contributed by atoms with E-state index in [0.717, 1.165) is 28.4 Å². The van der Waals surface area contributed by atoms with Crippen molar-refractivity contribution in [3.63, 3.8) is 0 Å². The van der Waals surface area contributed by atoms with E-state index in [-0.39, 0.29) is 18.0 Å². The Morgan fingerprint density at radius 1 is 1.23 bits per heavy atom. The molecule has 0 atom stereocenters. The maximum atomic E-state index is 12.2. The number of hydrogen-bond acceptors (Lipinski definition) is 6. The Morgan fingerprint density at radius 2 is 2.00 bits per heavy atom. The molecule has 0 radical (unpaired) electrons. The highest BCUT2D eigenvalue weighted by Gasteiger charge is 2.15. The van der Waals surface area contributed by atoms with Crippen LogP contribution < -0.4 is 25.4 Å². The van der Waals surface area contributed by atoms with Gasteiger partial charge in [-0.25, -0.2) is 9.98 Å². The molecule has 0 bridgehead atoms. The summed E-state index contributed by atoms with van der Waals surface area (Å²) >= 11 is 1.58. The summed E-state index contributed by atoms with van der Waals surface area (Å²) in [7, 11) is 0. The van der Waals surface area contributed by atoms with Gasteiger partial charge in [0, 0.05) is 28.6 Å². The van der Waals surface area contributed by atoms with Gasteiger partial charge in [-0.2, -0.15) is 0 Å². The van der Waals surface area contributed by atoms with Crippen LogP contribution in [-0.4, -0.2) is 42.1 Å². The molecule has 1 aliphatic heterocycles. The molecule has 162 valence electrons. The van der Waals surface area contributed by atoms with Gasteiger partial charge in [0.25, 0.3) is 0 Å². The van der Waals surface area contributed by atoms with E-state index >= 15 is 0 Å². The van der Waals surface area contributed by atoms with Gasteiger partial charge < -0.3 is 25.4 Å². The third-order valence-corrected chi connectivity index (χ3v) is 5.10. The zero-order chi connectivity index (χ0) is 21.6. The summed E-state index contributed by atoms with van der Waals surface area (Å²) in [5.74, 6) is 1.78. The first-order valence-electron chi connectivity index (χ1n) is 9.95. The molecule has 0 aliphatic carbocycles. The Balaban J connectivity index is 1.73. The van der Waals surface area contributed by atoms with Crippen LogP contribution in [-0.2, 0) is 11.3 Å². The largest absolute Gasteiger partial charge is 0.490 e. The predicted octanol–water partition coefficient (Wildman–Crippen LogP) is 3.09. The van der Waals surface area contributed by atoms with Gasteiger partial charge in [-0.05, 0) is 39.8 Å². The minimum Gasteiger partial charge on any atom is -0.490 e. The molecule has 0 fully saturated rings. The molecule has 0 saturated carbocycles. The van der Waals surface area contributed by atoms with E-state index in [0.29, 0.717) is 31.5 Å². The molecule has 1 aromatic carbocycles. The van der Waals surface area contributed by atoms with Crippen molar-refractivity contribution >= 4 is 28.9 Å². The number of rotatable bonds is 5. The van der Waals surface area contributed by atoms with Crippen LogP contribution in [0.25, 0.3) is 0 Å². The molecule has 2 heterocycles. The highest BCUT2D eigenvalue weighted by atomic mass is 32.1. The van der Waals surface area contributed by atoms with Crippen molar-refractivity contribution < 1.29 is 14.3 Å². The molecule has 30 heavy (non-hydrogen) atoms. The highest BCUT2D eigenvalue weighted by Crippen LogP contribution is 2.32. The van der Waals surface area contributed by atoms with E-state index in [9.17, 15) is 4.79 Å². The summed E-state index contributed by atoms with van der Waals surface area (Å²) in [6, 6.07) is 5.66. The second-order valence-corrected chi connectivity index (χ2v) is 8.95. The lowest BCUT2D eigenvalue weighted by molar-refractivity contribution is -0.121. The second-order valence-electron chi connectivity index (χ2n) is 8.01.